The topological polar surface area (TPSA) is 61.4 Å². The van der Waals surface area contributed by atoms with Crippen LogP contribution >= 0.6 is 0 Å². The van der Waals surface area contributed by atoms with Crippen molar-refractivity contribution in [3.63, 3.8) is 0 Å². The molecule has 0 atom stereocenters. The van der Waals surface area contributed by atoms with Gasteiger partial charge in [0.1, 0.15) is 0 Å². The molecule has 0 radical (unpaired) electrons. The number of anilines is 1. The van der Waals surface area contributed by atoms with Gasteiger partial charge >= 0.3 is 0 Å². The van der Waals surface area contributed by atoms with Crippen LogP contribution in [0, 0.1) is 0 Å². The van der Waals surface area contributed by atoms with E-state index in [4.69, 9.17) is 0 Å². The molecule has 2 fully saturated rings. The van der Waals surface area contributed by atoms with Gasteiger partial charge in [0.15, 0.2) is 5.82 Å². The molecule has 2 heterocycles. The summed E-state index contributed by atoms with van der Waals surface area (Å²) in [4.78, 5) is 17.2. The second-order valence-corrected chi connectivity index (χ2v) is 8.33. The zero-order valence-corrected chi connectivity index (χ0v) is 17.1. The van der Waals surface area contributed by atoms with Crippen molar-refractivity contribution in [2.75, 3.05) is 44.2 Å². The third-order valence-electron chi connectivity index (χ3n) is 6.44. The van der Waals surface area contributed by atoms with Gasteiger partial charge in [-0.15, -0.1) is 5.10 Å². The van der Waals surface area contributed by atoms with Gasteiger partial charge in [0.2, 0.25) is 5.91 Å². The predicted molar refractivity (Wildman–Crippen MR) is 115 cm³/mol. The number of carbonyl (C=O) groups is 1. The Kier molecular flexibility index (Phi) is 6.39. The fraction of sp³-hybridized carbons (Fsp3) is 0.522. The molecule has 29 heavy (non-hydrogen) atoms. The van der Waals surface area contributed by atoms with Crippen molar-refractivity contribution in [3.05, 3.63) is 54.2 Å². The molecule has 2 aliphatic rings. The van der Waals surface area contributed by atoms with Crippen LogP contribution in [-0.2, 0) is 10.2 Å². The molecule has 1 aromatic heterocycles. The van der Waals surface area contributed by atoms with Crippen LogP contribution in [0.2, 0.25) is 0 Å². The Morgan fingerprint density at radius 1 is 0.966 bits per heavy atom. The van der Waals surface area contributed by atoms with E-state index in [0.717, 1.165) is 51.4 Å². The first kappa shape index (κ1) is 19.8. The van der Waals surface area contributed by atoms with Crippen LogP contribution in [0.5, 0.6) is 0 Å². The molecular formula is C23H31N5O. The molecule has 1 amide bonds. The number of rotatable bonds is 6. The van der Waals surface area contributed by atoms with E-state index in [9.17, 15) is 4.79 Å². The summed E-state index contributed by atoms with van der Waals surface area (Å²) in [5.74, 6) is 1.05. The first-order valence-electron chi connectivity index (χ1n) is 10.8. The van der Waals surface area contributed by atoms with Crippen LogP contribution < -0.4 is 10.2 Å². The Morgan fingerprint density at radius 2 is 1.72 bits per heavy atom. The quantitative estimate of drug-likeness (QED) is 0.817. The van der Waals surface area contributed by atoms with Gasteiger partial charge in [-0.25, -0.2) is 0 Å². The summed E-state index contributed by atoms with van der Waals surface area (Å²) in [5.41, 5.74) is 1.47. The molecule has 6 heteroatoms. The van der Waals surface area contributed by atoms with Gasteiger partial charge in [-0.05, 0) is 30.5 Å². The molecule has 1 aliphatic heterocycles. The summed E-state index contributed by atoms with van der Waals surface area (Å²) in [5, 5.41) is 11.4. The number of aromatic nitrogens is 2. The Balaban J connectivity index is 1.28. The Morgan fingerprint density at radius 3 is 2.41 bits per heavy atom. The highest BCUT2D eigenvalue weighted by Gasteiger charge is 2.34. The highest BCUT2D eigenvalue weighted by molar-refractivity contribution is 5.78. The second-order valence-electron chi connectivity index (χ2n) is 8.33. The number of piperazine rings is 1. The average molecular weight is 394 g/mol. The maximum Gasteiger partial charge on any atom is 0.234 e. The molecule has 6 nitrogen and oxygen atoms in total. The number of hydrogen-bond donors (Lipinski definition) is 1. The molecule has 0 bridgehead atoms. The number of benzene rings is 1. The molecule has 1 aliphatic carbocycles. The Bertz CT molecular complexity index is 768. The lowest BCUT2D eigenvalue weighted by Gasteiger charge is -2.38. The lowest BCUT2D eigenvalue weighted by molar-refractivity contribution is -0.122. The Labute approximate surface area is 173 Å². The smallest absolute Gasteiger partial charge is 0.234 e. The predicted octanol–water partition coefficient (Wildman–Crippen LogP) is 2.62. The molecule has 4 rings (SSSR count). The number of nitrogens with one attached hydrogen (secondary N) is 1. The highest BCUT2D eigenvalue weighted by atomic mass is 16.2. The van der Waals surface area contributed by atoms with Crippen LogP contribution in [0.4, 0.5) is 5.82 Å². The van der Waals surface area contributed by atoms with Crippen molar-refractivity contribution >= 4 is 11.7 Å². The summed E-state index contributed by atoms with van der Waals surface area (Å²) in [7, 11) is 0. The van der Waals surface area contributed by atoms with Gasteiger partial charge in [-0.3, -0.25) is 9.69 Å². The molecule has 154 valence electrons. The molecule has 1 N–H and O–H groups in total. The highest BCUT2D eigenvalue weighted by Crippen LogP contribution is 2.38. The van der Waals surface area contributed by atoms with Gasteiger partial charge in [-0.1, -0.05) is 49.6 Å². The lowest BCUT2D eigenvalue weighted by atomic mass is 9.69. The van der Waals surface area contributed by atoms with Gasteiger partial charge < -0.3 is 10.2 Å². The van der Waals surface area contributed by atoms with E-state index in [0.29, 0.717) is 6.54 Å². The van der Waals surface area contributed by atoms with Gasteiger partial charge in [0.05, 0.1) is 6.54 Å². The second kappa shape index (κ2) is 9.35. The molecule has 1 aromatic carbocycles. The van der Waals surface area contributed by atoms with E-state index in [-0.39, 0.29) is 11.3 Å². The van der Waals surface area contributed by atoms with Crippen molar-refractivity contribution in [1.29, 1.82) is 0 Å². The maximum absolute atomic E-state index is 12.7. The SMILES string of the molecule is O=C(CN1CCN(c2cccnn2)CC1)NCC1(c2ccccc2)CCCCC1. The third-order valence-corrected chi connectivity index (χ3v) is 6.44. The molecule has 2 aromatic rings. The van der Waals surface area contributed by atoms with E-state index < -0.39 is 0 Å². The monoisotopic (exact) mass is 393 g/mol. The minimum atomic E-state index is 0.0971. The lowest BCUT2D eigenvalue weighted by Crippen LogP contribution is -2.51. The van der Waals surface area contributed by atoms with E-state index in [1.807, 2.05) is 12.1 Å². The Hall–Kier alpha value is -2.47. The molecule has 0 unspecified atom stereocenters. The van der Waals surface area contributed by atoms with Crippen molar-refractivity contribution in [2.45, 2.75) is 37.5 Å². The number of nitrogens with zero attached hydrogens (tertiary/aromatic N) is 4. The fourth-order valence-corrected chi connectivity index (χ4v) is 4.71. The van der Waals surface area contributed by atoms with Crippen LogP contribution in [0.25, 0.3) is 0 Å². The third kappa shape index (κ3) is 4.93. The molecule has 1 saturated heterocycles. The van der Waals surface area contributed by atoms with Crippen molar-refractivity contribution < 1.29 is 4.79 Å². The van der Waals surface area contributed by atoms with Crippen molar-refractivity contribution in [2.24, 2.45) is 0 Å². The minimum absolute atomic E-state index is 0.0971. The van der Waals surface area contributed by atoms with Crippen molar-refractivity contribution in [3.8, 4) is 0 Å². The fourth-order valence-electron chi connectivity index (χ4n) is 4.71. The van der Waals surface area contributed by atoms with E-state index in [1.54, 1.807) is 6.20 Å². The number of hydrogen-bond acceptors (Lipinski definition) is 5. The average Bonchev–Trinajstić information content (AvgIpc) is 2.80. The summed E-state index contributed by atoms with van der Waals surface area (Å²) < 4.78 is 0. The van der Waals surface area contributed by atoms with Crippen LogP contribution in [0.3, 0.4) is 0 Å². The number of amides is 1. The number of carbonyl (C=O) groups excluding carboxylic acids is 1. The first-order valence-corrected chi connectivity index (χ1v) is 10.8. The largest absolute Gasteiger partial charge is 0.354 e. The standard InChI is InChI=1S/C23H31N5O/c29-22(18-27-14-16-28(17-15-27)21-10-7-13-25-26-21)24-19-23(11-5-2-6-12-23)20-8-3-1-4-9-20/h1,3-4,7-10,13H,2,5-6,11-12,14-19H2,(H,24,29). The zero-order valence-electron chi connectivity index (χ0n) is 17.1. The van der Waals surface area contributed by atoms with E-state index >= 15 is 0 Å². The summed E-state index contributed by atoms with van der Waals surface area (Å²) in [6, 6.07) is 14.7. The summed E-state index contributed by atoms with van der Waals surface area (Å²) in [6.45, 7) is 4.70. The maximum atomic E-state index is 12.7. The van der Waals surface area contributed by atoms with Crippen LogP contribution in [-0.4, -0.2) is 60.3 Å². The molecule has 1 saturated carbocycles. The summed E-state index contributed by atoms with van der Waals surface area (Å²) in [6.07, 6.45) is 7.81. The van der Waals surface area contributed by atoms with Crippen LogP contribution in [0.15, 0.2) is 48.7 Å². The van der Waals surface area contributed by atoms with E-state index in [1.165, 1.54) is 24.8 Å². The first-order chi connectivity index (χ1) is 14.3. The van der Waals surface area contributed by atoms with E-state index in [2.05, 4.69) is 55.6 Å². The minimum Gasteiger partial charge on any atom is -0.354 e. The van der Waals surface area contributed by atoms with Crippen molar-refractivity contribution in [1.82, 2.24) is 20.4 Å². The normalized spacial score (nSPS) is 19.7. The van der Waals surface area contributed by atoms with Gasteiger partial charge in [-0.2, -0.15) is 5.10 Å². The van der Waals surface area contributed by atoms with Gasteiger partial charge in [0.25, 0.3) is 0 Å². The van der Waals surface area contributed by atoms with Crippen LogP contribution in [0.1, 0.15) is 37.7 Å². The molecule has 0 spiro atoms. The molecular weight excluding hydrogens is 362 g/mol. The zero-order chi connectivity index (χ0) is 19.9. The van der Waals surface area contributed by atoms with Gasteiger partial charge in [0, 0.05) is 44.3 Å². The summed E-state index contributed by atoms with van der Waals surface area (Å²) >= 11 is 0.